The fraction of sp³-hybridized carbons (Fsp3) is 0.154. The number of aromatic nitrogens is 1. The zero-order valence-electron chi connectivity index (χ0n) is 10.7. The molecule has 0 aliphatic heterocycles. The molecule has 0 saturated carbocycles. The molecule has 0 aliphatic carbocycles. The van der Waals surface area contributed by atoms with Crippen molar-refractivity contribution >= 4 is 27.6 Å². The molecule has 8 heteroatoms. The summed E-state index contributed by atoms with van der Waals surface area (Å²) in [5.41, 5.74) is 2.23. The van der Waals surface area contributed by atoms with Crippen LogP contribution in [0.25, 0.3) is 0 Å². The Morgan fingerprint density at radius 2 is 1.71 bits per heavy atom. The molecular formula is C13H12BrF3N4. The summed E-state index contributed by atoms with van der Waals surface area (Å²) < 4.78 is 39.2. The van der Waals surface area contributed by atoms with Crippen molar-refractivity contribution in [1.82, 2.24) is 4.98 Å². The first-order chi connectivity index (χ1) is 9.88. The van der Waals surface area contributed by atoms with Crippen molar-refractivity contribution in [2.24, 2.45) is 5.84 Å². The molecule has 4 N–H and O–H groups in total. The van der Waals surface area contributed by atoms with Crippen LogP contribution in [0.4, 0.5) is 24.8 Å². The molecular weight excluding hydrogens is 349 g/mol. The van der Waals surface area contributed by atoms with Gasteiger partial charge >= 0.3 is 6.18 Å². The highest BCUT2D eigenvalue weighted by atomic mass is 79.9. The Labute approximate surface area is 127 Å². The fourth-order valence-corrected chi connectivity index (χ4v) is 1.92. The molecule has 0 fully saturated rings. The van der Waals surface area contributed by atoms with Gasteiger partial charge < -0.3 is 10.7 Å². The number of hydrazine groups is 1. The predicted molar refractivity (Wildman–Crippen MR) is 78.5 cm³/mol. The van der Waals surface area contributed by atoms with E-state index in [4.69, 9.17) is 5.84 Å². The van der Waals surface area contributed by atoms with E-state index in [2.05, 4.69) is 31.7 Å². The fourth-order valence-electron chi connectivity index (χ4n) is 1.65. The van der Waals surface area contributed by atoms with Crippen LogP contribution in [0.3, 0.4) is 0 Å². The van der Waals surface area contributed by atoms with Gasteiger partial charge in [0, 0.05) is 11.0 Å². The molecule has 0 atom stereocenters. The summed E-state index contributed by atoms with van der Waals surface area (Å²) in [5, 5.41) is 2.85. The van der Waals surface area contributed by atoms with E-state index in [1.807, 2.05) is 24.3 Å². The van der Waals surface area contributed by atoms with Crippen molar-refractivity contribution in [3.63, 3.8) is 0 Å². The first kappa shape index (κ1) is 15.6. The van der Waals surface area contributed by atoms with Crippen LogP contribution in [0.1, 0.15) is 11.1 Å². The van der Waals surface area contributed by atoms with E-state index >= 15 is 0 Å². The van der Waals surface area contributed by atoms with E-state index in [1.165, 1.54) is 0 Å². The summed E-state index contributed by atoms with van der Waals surface area (Å²) in [6.45, 7) is 0.353. The van der Waals surface area contributed by atoms with E-state index in [0.29, 0.717) is 6.54 Å². The van der Waals surface area contributed by atoms with Crippen molar-refractivity contribution in [2.75, 3.05) is 10.7 Å². The molecule has 1 aromatic carbocycles. The lowest BCUT2D eigenvalue weighted by atomic mass is 10.2. The third-order valence-electron chi connectivity index (χ3n) is 2.69. The molecule has 0 bridgehead atoms. The maximum Gasteiger partial charge on any atom is 0.416 e. The number of benzene rings is 1. The van der Waals surface area contributed by atoms with Crippen LogP contribution in [0.5, 0.6) is 0 Å². The Morgan fingerprint density at radius 3 is 2.29 bits per heavy atom. The zero-order chi connectivity index (χ0) is 15.5. The molecule has 0 amide bonds. The summed E-state index contributed by atoms with van der Waals surface area (Å²) in [7, 11) is 0. The number of halogens is 4. The van der Waals surface area contributed by atoms with E-state index in [1.54, 1.807) is 0 Å². The second-order valence-corrected chi connectivity index (χ2v) is 5.16. The normalized spacial score (nSPS) is 11.3. The average molecular weight is 361 g/mol. The SMILES string of the molecule is NNc1cc(C(F)(F)F)cc(NCc2ccc(Br)cc2)n1. The monoisotopic (exact) mass is 360 g/mol. The summed E-state index contributed by atoms with van der Waals surface area (Å²) in [5.74, 6) is 5.19. The van der Waals surface area contributed by atoms with Gasteiger partial charge in [-0.2, -0.15) is 13.2 Å². The number of rotatable bonds is 4. The standard InChI is InChI=1S/C13H12BrF3N4/c14-10-3-1-8(2-4-10)7-19-11-5-9(13(15,16)17)6-12(20-11)21-18/h1-6H,7,18H2,(H2,19,20,21). The third kappa shape index (κ3) is 4.33. The van der Waals surface area contributed by atoms with Gasteiger partial charge in [-0.3, -0.25) is 0 Å². The number of nitrogens with zero attached hydrogens (tertiary/aromatic N) is 1. The summed E-state index contributed by atoms with van der Waals surface area (Å²) in [6.07, 6.45) is -4.46. The van der Waals surface area contributed by atoms with Gasteiger partial charge in [-0.05, 0) is 29.8 Å². The minimum absolute atomic E-state index is 0.0527. The number of nitrogens with two attached hydrogens (primary N) is 1. The van der Waals surface area contributed by atoms with Crippen molar-refractivity contribution in [2.45, 2.75) is 12.7 Å². The van der Waals surface area contributed by atoms with Gasteiger partial charge in [0.1, 0.15) is 11.6 Å². The molecule has 0 unspecified atom stereocenters. The van der Waals surface area contributed by atoms with Gasteiger partial charge in [-0.1, -0.05) is 28.1 Å². The largest absolute Gasteiger partial charge is 0.416 e. The lowest BCUT2D eigenvalue weighted by Crippen LogP contribution is -2.13. The van der Waals surface area contributed by atoms with Crippen LogP contribution in [-0.2, 0) is 12.7 Å². The van der Waals surface area contributed by atoms with Gasteiger partial charge in [-0.25, -0.2) is 10.8 Å². The maximum atomic E-state index is 12.8. The molecule has 0 spiro atoms. The van der Waals surface area contributed by atoms with E-state index in [0.717, 1.165) is 22.2 Å². The van der Waals surface area contributed by atoms with Gasteiger partial charge in [0.25, 0.3) is 0 Å². The molecule has 21 heavy (non-hydrogen) atoms. The molecule has 2 rings (SSSR count). The Morgan fingerprint density at radius 1 is 1.10 bits per heavy atom. The second-order valence-electron chi connectivity index (χ2n) is 4.25. The second kappa shape index (κ2) is 6.31. The molecule has 0 radical (unpaired) electrons. The van der Waals surface area contributed by atoms with Crippen molar-refractivity contribution in [3.8, 4) is 0 Å². The lowest BCUT2D eigenvalue weighted by molar-refractivity contribution is -0.137. The molecule has 4 nitrogen and oxygen atoms in total. The Balaban J connectivity index is 2.17. The molecule has 0 aliphatic rings. The van der Waals surface area contributed by atoms with Gasteiger partial charge in [-0.15, -0.1) is 0 Å². The first-order valence-electron chi connectivity index (χ1n) is 5.92. The van der Waals surface area contributed by atoms with Crippen LogP contribution < -0.4 is 16.6 Å². The van der Waals surface area contributed by atoms with Crippen LogP contribution in [0.2, 0.25) is 0 Å². The van der Waals surface area contributed by atoms with Crippen molar-refractivity contribution in [3.05, 3.63) is 52.0 Å². The van der Waals surface area contributed by atoms with Gasteiger partial charge in [0.15, 0.2) is 0 Å². The predicted octanol–water partition coefficient (Wildman–Crippen LogP) is 3.76. The number of hydrogen-bond donors (Lipinski definition) is 3. The molecule has 2 aromatic rings. The third-order valence-corrected chi connectivity index (χ3v) is 3.22. The highest BCUT2D eigenvalue weighted by molar-refractivity contribution is 9.10. The Bertz CT molecular complexity index is 614. The van der Waals surface area contributed by atoms with Crippen molar-refractivity contribution < 1.29 is 13.2 Å². The number of pyridine rings is 1. The van der Waals surface area contributed by atoms with Crippen molar-refractivity contribution in [1.29, 1.82) is 0 Å². The average Bonchev–Trinajstić information content (AvgIpc) is 2.45. The molecule has 0 saturated heterocycles. The van der Waals surface area contributed by atoms with Crippen LogP contribution >= 0.6 is 15.9 Å². The Hall–Kier alpha value is -1.80. The van der Waals surface area contributed by atoms with Crippen LogP contribution in [-0.4, -0.2) is 4.98 Å². The topological polar surface area (TPSA) is 63.0 Å². The van der Waals surface area contributed by atoms with Gasteiger partial charge in [0.2, 0.25) is 0 Å². The maximum absolute atomic E-state index is 12.8. The minimum atomic E-state index is -4.46. The number of hydrogen-bond acceptors (Lipinski definition) is 4. The smallest absolute Gasteiger partial charge is 0.366 e. The van der Waals surface area contributed by atoms with E-state index in [-0.39, 0.29) is 11.6 Å². The van der Waals surface area contributed by atoms with Crippen LogP contribution in [0.15, 0.2) is 40.9 Å². The summed E-state index contributed by atoms with van der Waals surface area (Å²) in [4.78, 5) is 3.94. The summed E-state index contributed by atoms with van der Waals surface area (Å²) >= 11 is 3.31. The highest BCUT2D eigenvalue weighted by Gasteiger charge is 2.31. The highest BCUT2D eigenvalue weighted by Crippen LogP contribution is 2.32. The number of nitrogens with one attached hydrogen (secondary N) is 2. The zero-order valence-corrected chi connectivity index (χ0v) is 12.3. The Kier molecular flexibility index (Phi) is 4.69. The quantitative estimate of drug-likeness (QED) is 0.573. The number of anilines is 2. The minimum Gasteiger partial charge on any atom is -0.366 e. The van der Waals surface area contributed by atoms with Crippen LogP contribution in [0, 0.1) is 0 Å². The number of nitrogen functional groups attached to an aromatic ring is 1. The molecule has 1 heterocycles. The molecule has 1 aromatic heterocycles. The van der Waals surface area contributed by atoms with E-state index < -0.39 is 11.7 Å². The number of alkyl halides is 3. The molecule has 112 valence electrons. The van der Waals surface area contributed by atoms with E-state index in [9.17, 15) is 13.2 Å². The lowest BCUT2D eigenvalue weighted by Gasteiger charge is -2.12. The first-order valence-corrected chi connectivity index (χ1v) is 6.72. The summed E-state index contributed by atoms with van der Waals surface area (Å²) in [6, 6.07) is 9.21. The van der Waals surface area contributed by atoms with Gasteiger partial charge in [0.05, 0.1) is 5.56 Å².